The van der Waals surface area contributed by atoms with Crippen LogP contribution in [-0.4, -0.2) is 50.7 Å². The Morgan fingerprint density at radius 2 is 1.93 bits per heavy atom. The van der Waals surface area contributed by atoms with Crippen molar-refractivity contribution in [3.8, 4) is 0 Å². The molecule has 168 valence electrons. The molecule has 0 aliphatic heterocycles. The number of ether oxygens (including phenoxy) is 1. The number of methoxy groups -OCH3 is 1. The van der Waals surface area contributed by atoms with Crippen molar-refractivity contribution < 1.29 is 18.3 Å². The normalized spacial score (nSPS) is 25.6. The van der Waals surface area contributed by atoms with Crippen LogP contribution in [-0.2, 0) is 16.6 Å². The third kappa shape index (κ3) is 5.18. The van der Waals surface area contributed by atoms with Crippen LogP contribution in [0.2, 0.25) is 0 Å². The molecule has 2 unspecified atom stereocenters. The van der Waals surface area contributed by atoms with Crippen LogP contribution in [0.3, 0.4) is 0 Å². The molecule has 0 saturated heterocycles. The molecule has 1 amide bonds. The van der Waals surface area contributed by atoms with Gasteiger partial charge in [0.15, 0.2) is 0 Å². The lowest BCUT2D eigenvalue weighted by Gasteiger charge is -2.45. The number of carbonyl (C=O) groups excluding carboxylic acids is 1. The Morgan fingerprint density at radius 1 is 1.23 bits per heavy atom. The summed E-state index contributed by atoms with van der Waals surface area (Å²) in [7, 11) is 1.73. The fourth-order valence-electron chi connectivity index (χ4n) is 5.01. The van der Waals surface area contributed by atoms with Gasteiger partial charge in [-0.15, -0.1) is 0 Å². The second-order valence-corrected chi connectivity index (χ2v) is 9.37. The van der Waals surface area contributed by atoms with Crippen molar-refractivity contribution in [3.05, 3.63) is 34.9 Å². The first-order valence-corrected chi connectivity index (χ1v) is 10.9. The number of alkyl halides is 2. The maximum Gasteiger partial charge on any atom is 0.248 e. The summed E-state index contributed by atoms with van der Waals surface area (Å²) in [5.74, 6) is -2.55. The number of primary amides is 1. The number of halogens is 2. The molecule has 0 aromatic heterocycles. The minimum atomic E-state index is -2.47. The number of rotatable bonds is 8. The van der Waals surface area contributed by atoms with E-state index in [9.17, 15) is 13.6 Å². The summed E-state index contributed by atoms with van der Waals surface area (Å²) in [6.07, 6.45) is 2.00. The van der Waals surface area contributed by atoms with Gasteiger partial charge in [0.05, 0.1) is 6.10 Å². The van der Waals surface area contributed by atoms with Gasteiger partial charge >= 0.3 is 0 Å². The SMILES string of the molecule is COC1Cc2ccc(C(N)=O)cc2C(C)(C)C1NCCNCC1CCC(F)(F)CC1. The highest BCUT2D eigenvalue weighted by molar-refractivity contribution is 5.93. The topological polar surface area (TPSA) is 76.4 Å². The molecule has 1 aromatic carbocycles. The Morgan fingerprint density at radius 3 is 2.57 bits per heavy atom. The highest BCUT2D eigenvalue weighted by atomic mass is 19.3. The van der Waals surface area contributed by atoms with Crippen LogP contribution in [0, 0.1) is 5.92 Å². The molecule has 0 bridgehead atoms. The molecule has 30 heavy (non-hydrogen) atoms. The molecule has 0 heterocycles. The van der Waals surface area contributed by atoms with Crippen molar-refractivity contribution in [2.45, 2.75) is 69.4 Å². The lowest BCUT2D eigenvalue weighted by Crippen LogP contribution is -2.57. The summed E-state index contributed by atoms with van der Waals surface area (Å²) >= 11 is 0. The van der Waals surface area contributed by atoms with Gasteiger partial charge in [-0.3, -0.25) is 4.79 Å². The first-order chi connectivity index (χ1) is 14.1. The van der Waals surface area contributed by atoms with E-state index in [-0.39, 0.29) is 30.4 Å². The van der Waals surface area contributed by atoms with Crippen LogP contribution < -0.4 is 16.4 Å². The standard InChI is InChI=1S/C23H35F2N3O2/c1-22(2)18-12-17(21(26)29)5-4-16(18)13-19(30-3)20(22)28-11-10-27-14-15-6-8-23(24,25)9-7-15/h4-5,12,15,19-20,27-28H,6-11,13-14H2,1-3H3,(H2,26,29). The van der Waals surface area contributed by atoms with Crippen LogP contribution in [0.1, 0.15) is 61.0 Å². The summed E-state index contributed by atoms with van der Waals surface area (Å²) in [6, 6.07) is 5.75. The summed E-state index contributed by atoms with van der Waals surface area (Å²) in [5, 5.41) is 7.05. The van der Waals surface area contributed by atoms with Crippen molar-refractivity contribution in [3.63, 3.8) is 0 Å². The van der Waals surface area contributed by atoms with Crippen molar-refractivity contribution in [2.75, 3.05) is 26.7 Å². The molecule has 1 saturated carbocycles. The Bertz CT molecular complexity index is 744. The fraction of sp³-hybridized carbons (Fsp3) is 0.696. The van der Waals surface area contributed by atoms with Crippen LogP contribution in [0.5, 0.6) is 0 Å². The minimum absolute atomic E-state index is 0.01000. The van der Waals surface area contributed by atoms with Crippen molar-refractivity contribution >= 4 is 5.91 Å². The predicted molar refractivity (Wildman–Crippen MR) is 114 cm³/mol. The van der Waals surface area contributed by atoms with Gasteiger partial charge in [0.1, 0.15) is 0 Å². The molecule has 2 aliphatic carbocycles. The maximum absolute atomic E-state index is 13.3. The molecule has 7 heteroatoms. The molecule has 5 nitrogen and oxygen atoms in total. The smallest absolute Gasteiger partial charge is 0.248 e. The van der Waals surface area contributed by atoms with E-state index in [0.29, 0.717) is 24.3 Å². The average molecular weight is 424 g/mol. The van der Waals surface area contributed by atoms with Gasteiger partial charge in [-0.25, -0.2) is 8.78 Å². The van der Waals surface area contributed by atoms with E-state index in [1.807, 2.05) is 12.1 Å². The van der Waals surface area contributed by atoms with E-state index < -0.39 is 11.8 Å². The Balaban J connectivity index is 1.55. The second kappa shape index (κ2) is 9.28. The Kier molecular flexibility index (Phi) is 7.15. The molecule has 0 spiro atoms. The zero-order valence-corrected chi connectivity index (χ0v) is 18.3. The first kappa shape index (κ1) is 23.1. The molecule has 2 aliphatic rings. The van der Waals surface area contributed by atoms with E-state index >= 15 is 0 Å². The monoisotopic (exact) mass is 423 g/mol. The number of benzene rings is 1. The van der Waals surface area contributed by atoms with Gasteiger partial charge in [0.25, 0.3) is 0 Å². The Labute approximate surface area is 178 Å². The minimum Gasteiger partial charge on any atom is -0.379 e. The van der Waals surface area contributed by atoms with Crippen LogP contribution >= 0.6 is 0 Å². The van der Waals surface area contributed by atoms with Gasteiger partial charge in [-0.2, -0.15) is 0 Å². The van der Waals surface area contributed by atoms with Gasteiger partial charge in [0, 0.05) is 56.5 Å². The fourth-order valence-corrected chi connectivity index (χ4v) is 5.01. The number of nitrogens with one attached hydrogen (secondary N) is 2. The van der Waals surface area contributed by atoms with Crippen LogP contribution in [0.25, 0.3) is 0 Å². The third-order valence-electron chi connectivity index (χ3n) is 6.90. The Hall–Kier alpha value is -1.57. The van der Waals surface area contributed by atoms with E-state index in [0.717, 1.165) is 31.6 Å². The van der Waals surface area contributed by atoms with Gasteiger partial charge < -0.3 is 21.1 Å². The van der Waals surface area contributed by atoms with Crippen molar-refractivity contribution in [1.82, 2.24) is 10.6 Å². The maximum atomic E-state index is 13.3. The average Bonchev–Trinajstić information content (AvgIpc) is 2.69. The van der Waals surface area contributed by atoms with E-state index in [4.69, 9.17) is 10.5 Å². The molecule has 1 fully saturated rings. The highest BCUT2D eigenvalue weighted by Crippen LogP contribution is 2.39. The summed E-state index contributed by atoms with van der Waals surface area (Å²) in [6.45, 7) is 6.63. The molecule has 4 N–H and O–H groups in total. The first-order valence-electron chi connectivity index (χ1n) is 10.9. The number of nitrogens with two attached hydrogens (primary N) is 1. The van der Waals surface area contributed by atoms with Crippen molar-refractivity contribution in [2.24, 2.45) is 11.7 Å². The van der Waals surface area contributed by atoms with Gasteiger partial charge in [-0.1, -0.05) is 19.9 Å². The van der Waals surface area contributed by atoms with Crippen LogP contribution in [0.15, 0.2) is 18.2 Å². The zero-order chi connectivity index (χ0) is 21.9. The molecule has 1 aromatic rings. The number of amides is 1. The number of hydrogen-bond donors (Lipinski definition) is 3. The molecule has 0 radical (unpaired) electrons. The molecular weight excluding hydrogens is 388 g/mol. The number of carbonyl (C=O) groups is 1. The molecular formula is C23H35F2N3O2. The number of fused-ring (bicyclic) bond motifs is 1. The zero-order valence-electron chi connectivity index (χ0n) is 18.3. The van der Waals surface area contributed by atoms with Crippen molar-refractivity contribution in [1.29, 1.82) is 0 Å². The quantitative estimate of drug-likeness (QED) is 0.562. The van der Waals surface area contributed by atoms with E-state index in [1.54, 1.807) is 13.2 Å². The van der Waals surface area contributed by atoms with Gasteiger partial charge in [0.2, 0.25) is 11.8 Å². The molecule has 3 rings (SSSR count). The lowest BCUT2D eigenvalue weighted by atomic mass is 9.67. The number of hydrogen-bond acceptors (Lipinski definition) is 4. The largest absolute Gasteiger partial charge is 0.379 e. The summed E-state index contributed by atoms with van der Waals surface area (Å²) < 4.78 is 32.4. The summed E-state index contributed by atoms with van der Waals surface area (Å²) in [4.78, 5) is 11.6. The summed E-state index contributed by atoms with van der Waals surface area (Å²) in [5.41, 5.74) is 8.08. The van der Waals surface area contributed by atoms with E-state index in [2.05, 4.69) is 24.5 Å². The third-order valence-corrected chi connectivity index (χ3v) is 6.90. The van der Waals surface area contributed by atoms with Gasteiger partial charge in [-0.05, 0) is 48.6 Å². The highest BCUT2D eigenvalue weighted by Gasteiger charge is 2.42. The van der Waals surface area contributed by atoms with Crippen LogP contribution in [0.4, 0.5) is 8.78 Å². The molecule has 2 atom stereocenters. The van der Waals surface area contributed by atoms with E-state index in [1.165, 1.54) is 5.56 Å². The predicted octanol–water partition coefficient (Wildman–Crippen LogP) is 3.01. The lowest BCUT2D eigenvalue weighted by molar-refractivity contribution is -0.0454. The second-order valence-electron chi connectivity index (χ2n) is 9.37.